The Bertz CT molecular complexity index is 761. The zero-order chi connectivity index (χ0) is 19.9. The topological polar surface area (TPSA) is 102 Å². The molecule has 2 amide bonds. The van der Waals surface area contributed by atoms with E-state index in [0.717, 1.165) is 0 Å². The van der Waals surface area contributed by atoms with E-state index >= 15 is 0 Å². The maximum Gasteiger partial charge on any atom is 0.408 e. The summed E-state index contributed by atoms with van der Waals surface area (Å²) in [5.74, 6) is -0.569. The van der Waals surface area contributed by atoms with E-state index in [-0.39, 0.29) is 6.42 Å². The Kier molecular flexibility index (Phi) is 5.32. The van der Waals surface area contributed by atoms with Gasteiger partial charge in [-0.05, 0) is 39.0 Å². The standard InChI is InChI=1S/C17H22BrN3O5/c1-6-13(21(24)25)17(19-15(23)26-16(2,3)4)11-9-10(18)7-8-12(11)20(5)14(17)22/h7-9,13H,6H2,1-5H3,(H,19,23)/t13?,17-/m0/s1. The third kappa shape index (κ3) is 3.40. The summed E-state index contributed by atoms with van der Waals surface area (Å²) < 4.78 is 5.92. The molecule has 1 aromatic carbocycles. The summed E-state index contributed by atoms with van der Waals surface area (Å²) in [5, 5.41) is 14.3. The number of fused-ring (bicyclic) bond motifs is 1. The SMILES string of the molecule is CCC([N+](=O)[O-])[C@]1(NC(=O)OC(C)(C)C)C(=O)N(C)c2ccc(Br)cc21. The molecule has 2 rings (SSSR count). The summed E-state index contributed by atoms with van der Waals surface area (Å²) in [6.45, 7) is 6.64. The molecule has 0 saturated heterocycles. The molecule has 142 valence electrons. The number of nitro groups is 1. The van der Waals surface area contributed by atoms with Crippen molar-refractivity contribution in [2.75, 3.05) is 11.9 Å². The molecule has 0 radical (unpaired) electrons. The summed E-state index contributed by atoms with van der Waals surface area (Å²) in [4.78, 5) is 38.2. The van der Waals surface area contributed by atoms with E-state index in [1.807, 2.05) is 0 Å². The molecule has 1 N–H and O–H groups in total. The van der Waals surface area contributed by atoms with Crippen LogP contribution in [0.4, 0.5) is 10.5 Å². The quantitative estimate of drug-likeness (QED) is 0.586. The Hall–Kier alpha value is -2.16. The Labute approximate surface area is 160 Å². The van der Waals surface area contributed by atoms with Crippen LogP contribution in [0.2, 0.25) is 0 Å². The monoisotopic (exact) mass is 427 g/mol. The molecule has 1 unspecified atom stereocenters. The second kappa shape index (κ2) is 6.86. The van der Waals surface area contributed by atoms with Gasteiger partial charge in [0.1, 0.15) is 5.60 Å². The Balaban J connectivity index is 2.66. The molecule has 0 aromatic heterocycles. The predicted molar refractivity (Wildman–Crippen MR) is 99.7 cm³/mol. The minimum atomic E-state index is -1.84. The van der Waals surface area contributed by atoms with Gasteiger partial charge in [0.2, 0.25) is 11.6 Å². The van der Waals surface area contributed by atoms with Crippen molar-refractivity contribution < 1.29 is 19.2 Å². The first-order chi connectivity index (χ1) is 11.9. The number of carbonyl (C=O) groups is 2. The molecule has 0 spiro atoms. The number of anilines is 1. The van der Waals surface area contributed by atoms with Crippen molar-refractivity contribution in [3.8, 4) is 0 Å². The molecule has 1 heterocycles. The van der Waals surface area contributed by atoms with E-state index in [1.165, 1.54) is 11.9 Å². The van der Waals surface area contributed by atoms with Gasteiger partial charge in [-0.3, -0.25) is 20.2 Å². The summed E-state index contributed by atoms with van der Waals surface area (Å²) in [6.07, 6.45) is -0.832. The van der Waals surface area contributed by atoms with Crippen molar-refractivity contribution in [3.05, 3.63) is 38.3 Å². The fraction of sp³-hybridized carbons (Fsp3) is 0.529. The molecule has 26 heavy (non-hydrogen) atoms. The third-order valence-corrected chi connectivity index (χ3v) is 4.72. The van der Waals surface area contributed by atoms with Crippen LogP contribution in [0.25, 0.3) is 0 Å². The first-order valence-electron chi connectivity index (χ1n) is 8.17. The second-order valence-electron chi connectivity index (χ2n) is 7.17. The highest BCUT2D eigenvalue weighted by atomic mass is 79.9. The molecule has 0 fully saturated rings. The number of rotatable bonds is 4. The maximum absolute atomic E-state index is 13.1. The van der Waals surface area contributed by atoms with Crippen molar-refractivity contribution in [3.63, 3.8) is 0 Å². The number of nitrogens with one attached hydrogen (secondary N) is 1. The fourth-order valence-corrected chi connectivity index (χ4v) is 3.57. The molecule has 2 atom stereocenters. The summed E-state index contributed by atoms with van der Waals surface area (Å²) in [5.41, 5.74) is -1.77. The van der Waals surface area contributed by atoms with Crippen LogP contribution in [0.3, 0.4) is 0 Å². The number of hydrogen-bond acceptors (Lipinski definition) is 5. The van der Waals surface area contributed by atoms with Crippen LogP contribution < -0.4 is 10.2 Å². The van der Waals surface area contributed by atoms with Crippen molar-refractivity contribution in [2.24, 2.45) is 0 Å². The van der Waals surface area contributed by atoms with Crippen LogP contribution in [-0.2, 0) is 15.1 Å². The van der Waals surface area contributed by atoms with Crippen LogP contribution in [-0.4, -0.2) is 35.6 Å². The Morgan fingerprint density at radius 1 is 1.46 bits per heavy atom. The molecular weight excluding hydrogens is 406 g/mol. The van der Waals surface area contributed by atoms with Gasteiger partial charge in [-0.25, -0.2) is 4.79 Å². The van der Waals surface area contributed by atoms with Gasteiger partial charge in [-0.2, -0.15) is 0 Å². The Morgan fingerprint density at radius 2 is 2.08 bits per heavy atom. The summed E-state index contributed by atoms with van der Waals surface area (Å²) in [7, 11) is 1.53. The van der Waals surface area contributed by atoms with Gasteiger partial charge in [-0.1, -0.05) is 22.9 Å². The molecule has 1 aliphatic heterocycles. The first-order valence-corrected chi connectivity index (χ1v) is 8.96. The number of likely N-dealkylation sites (N-methyl/N-ethyl adjacent to an activating group) is 1. The van der Waals surface area contributed by atoms with Crippen LogP contribution in [0.1, 0.15) is 39.7 Å². The van der Waals surface area contributed by atoms with Gasteiger partial charge in [0.05, 0.1) is 0 Å². The predicted octanol–water partition coefficient (Wildman–Crippen LogP) is 3.20. The first kappa shape index (κ1) is 20.2. The lowest BCUT2D eigenvalue weighted by atomic mass is 9.82. The molecule has 1 aliphatic rings. The number of nitrogens with zero attached hydrogens (tertiary/aromatic N) is 2. The number of hydrogen-bond donors (Lipinski definition) is 1. The van der Waals surface area contributed by atoms with Gasteiger partial charge >= 0.3 is 6.09 Å². The average molecular weight is 428 g/mol. The largest absolute Gasteiger partial charge is 0.444 e. The van der Waals surface area contributed by atoms with Crippen LogP contribution in [0.5, 0.6) is 0 Å². The highest BCUT2D eigenvalue weighted by Crippen LogP contribution is 2.44. The molecule has 0 aliphatic carbocycles. The van der Waals surface area contributed by atoms with E-state index in [0.29, 0.717) is 15.7 Å². The zero-order valence-electron chi connectivity index (χ0n) is 15.3. The van der Waals surface area contributed by atoms with Gasteiger partial charge in [0.25, 0.3) is 5.91 Å². The molecule has 0 saturated carbocycles. The average Bonchev–Trinajstić information content (AvgIpc) is 2.68. The molecule has 8 nitrogen and oxygen atoms in total. The third-order valence-electron chi connectivity index (χ3n) is 4.23. The lowest BCUT2D eigenvalue weighted by Crippen LogP contribution is -2.62. The van der Waals surface area contributed by atoms with Crippen molar-refractivity contribution in [1.82, 2.24) is 5.32 Å². The van der Waals surface area contributed by atoms with Gasteiger partial charge < -0.3 is 9.64 Å². The highest BCUT2D eigenvalue weighted by Gasteiger charge is 2.61. The molecule has 1 aromatic rings. The van der Waals surface area contributed by atoms with Crippen molar-refractivity contribution in [1.29, 1.82) is 0 Å². The van der Waals surface area contributed by atoms with Gasteiger partial charge in [-0.15, -0.1) is 0 Å². The lowest BCUT2D eigenvalue weighted by Gasteiger charge is -2.32. The van der Waals surface area contributed by atoms with Gasteiger partial charge in [0, 0.05) is 34.1 Å². The maximum atomic E-state index is 13.1. The van der Waals surface area contributed by atoms with Crippen LogP contribution in [0.15, 0.2) is 22.7 Å². The molecule has 9 heteroatoms. The van der Waals surface area contributed by atoms with E-state index in [1.54, 1.807) is 45.9 Å². The number of halogens is 1. The van der Waals surface area contributed by atoms with Crippen molar-refractivity contribution in [2.45, 2.75) is 51.3 Å². The fourth-order valence-electron chi connectivity index (χ4n) is 3.21. The number of amides is 2. The second-order valence-corrected chi connectivity index (χ2v) is 8.09. The van der Waals surface area contributed by atoms with E-state index in [9.17, 15) is 19.7 Å². The van der Waals surface area contributed by atoms with E-state index in [2.05, 4.69) is 21.2 Å². The van der Waals surface area contributed by atoms with Crippen LogP contribution in [0, 0.1) is 10.1 Å². The minimum absolute atomic E-state index is 0.0499. The normalized spacial score (nSPS) is 20.5. The van der Waals surface area contributed by atoms with Crippen molar-refractivity contribution >= 4 is 33.6 Å². The summed E-state index contributed by atoms with van der Waals surface area (Å²) in [6, 6.07) is 3.70. The number of carbonyl (C=O) groups excluding carboxylic acids is 2. The minimum Gasteiger partial charge on any atom is -0.444 e. The molecular formula is C17H22BrN3O5. The Morgan fingerprint density at radius 3 is 2.58 bits per heavy atom. The number of alkyl carbamates (subject to hydrolysis) is 1. The highest BCUT2D eigenvalue weighted by molar-refractivity contribution is 9.10. The molecule has 0 bridgehead atoms. The van der Waals surface area contributed by atoms with Crippen LogP contribution >= 0.6 is 15.9 Å². The van der Waals surface area contributed by atoms with E-state index < -0.39 is 34.1 Å². The summed E-state index contributed by atoms with van der Waals surface area (Å²) >= 11 is 3.34. The lowest BCUT2D eigenvalue weighted by molar-refractivity contribution is -0.533. The smallest absolute Gasteiger partial charge is 0.408 e. The zero-order valence-corrected chi connectivity index (χ0v) is 16.9. The number of benzene rings is 1. The van der Waals surface area contributed by atoms with Gasteiger partial charge in [0.15, 0.2) is 0 Å². The number of ether oxygens (including phenoxy) is 1. The van der Waals surface area contributed by atoms with E-state index in [4.69, 9.17) is 4.74 Å².